The Bertz CT molecular complexity index is 874. The molecule has 0 atom stereocenters. The van der Waals surface area contributed by atoms with Crippen LogP contribution in [0, 0.1) is 0 Å². The zero-order valence-electron chi connectivity index (χ0n) is 16.4. The fourth-order valence-corrected chi connectivity index (χ4v) is 3.67. The summed E-state index contributed by atoms with van der Waals surface area (Å²) in [5.41, 5.74) is 6.20. The molecule has 0 aliphatic carbocycles. The summed E-state index contributed by atoms with van der Waals surface area (Å²) in [5, 5.41) is 0. The molecule has 0 spiro atoms. The van der Waals surface area contributed by atoms with Gasteiger partial charge < -0.3 is 9.64 Å². The highest BCUT2D eigenvalue weighted by molar-refractivity contribution is 5.67. The van der Waals surface area contributed by atoms with Gasteiger partial charge in [-0.1, -0.05) is 36.4 Å². The average molecular weight is 374 g/mol. The third-order valence-electron chi connectivity index (χ3n) is 5.11. The van der Waals surface area contributed by atoms with Crippen LogP contribution in [-0.4, -0.2) is 43.2 Å². The van der Waals surface area contributed by atoms with Gasteiger partial charge in [-0.25, -0.2) is 0 Å². The van der Waals surface area contributed by atoms with Crippen molar-refractivity contribution in [2.75, 3.05) is 38.3 Å². The maximum absolute atomic E-state index is 5.45. The lowest BCUT2D eigenvalue weighted by Crippen LogP contribution is -2.36. The normalized spacial score (nSPS) is 14.4. The second kappa shape index (κ2) is 9.00. The highest BCUT2D eigenvalue weighted by atomic mass is 16.5. The standard InChI is InChI=1S/C24H27N3O/c1-26(19-23-7-2-3-12-25-23)18-20-5-4-6-22(17-20)21-8-10-24(11-9-21)27-13-15-28-16-14-27/h2-12,17H,13-16,18-19H2,1H3. The van der Waals surface area contributed by atoms with E-state index in [9.17, 15) is 0 Å². The van der Waals surface area contributed by atoms with Crippen LogP contribution in [0.4, 0.5) is 5.69 Å². The van der Waals surface area contributed by atoms with Gasteiger partial charge in [-0.15, -0.1) is 0 Å². The summed E-state index contributed by atoms with van der Waals surface area (Å²) < 4.78 is 5.45. The molecule has 1 fully saturated rings. The van der Waals surface area contributed by atoms with E-state index in [0.717, 1.165) is 45.1 Å². The molecule has 0 bridgehead atoms. The number of hydrogen-bond donors (Lipinski definition) is 0. The molecular formula is C24H27N3O. The van der Waals surface area contributed by atoms with Crippen LogP contribution in [-0.2, 0) is 17.8 Å². The molecule has 1 aliphatic heterocycles. The van der Waals surface area contributed by atoms with Crippen LogP contribution in [0.3, 0.4) is 0 Å². The first-order valence-electron chi connectivity index (χ1n) is 9.88. The van der Waals surface area contributed by atoms with Crippen LogP contribution >= 0.6 is 0 Å². The number of rotatable bonds is 6. The zero-order valence-corrected chi connectivity index (χ0v) is 16.4. The largest absolute Gasteiger partial charge is 0.378 e. The Labute approximate surface area is 167 Å². The van der Waals surface area contributed by atoms with E-state index in [1.54, 1.807) is 0 Å². The monoisotopic (exact) mass is 373 g/mol. The van der Waals surface area contributed by atoms with E-state index in [2.05, 4.69) is 76.4 Å². The molecule has 3 aromatic rings. The number of nitrogens with zero attached hydrogens (tertiary/aromatic N) is 3. The predicted molar refractivity (Wildman–Crippen MR) is 114 cm³/mol. The van der Waals surface area contributed by atoms with Crippen molar-refractivity contribution in [1.29, 1.82) is 0 Å². The summed E-state index contributed by atoms with van der Waals surface area (Å²) in [6.07, 6.45) is 1.85. The van der Waals surface area contributed by atoms with Crippen LogP contribution in [0.1, 0.15) is 11.3 Å². The highest BCUT2D eigenvalue weighted by Crippen LogP contribution is 2.25. The second-order valence-corrected chi connectivity index (χ2v) is 7.34. The number of benzene rings is 2. The van der Waals surface area contributed by atoms with Crippen molar-refractivity contribution in [3.63, 3.8) is 0 Å². The van der Waals surface area contributed by atoms with E-state index in [4.69, 9.17) is 4.74 Å². The van der Waals surface area contributed by atoms with Gasteiger partial charge >= 0.3 is 0 Å². The third-order valence-corrected chi connectivity index (χ3v) is 5.11. The predicted octanol–water partition coefficient (Wildman–Crippen LogP) is 4.22. The second-order valence-electron chi connectivity index (χ2n) is 7.34. The van der Waals surface area contributed by atoms with Crippen LogP contribution in [0.2, 0.25) is 0 Å². The minimum Gasteiger partial charge on any atom is -0.378 e. The van der Waals surface area contributed by atoms with E-state index in [-0.39, 0.29) is 0 Å². The Morgan fingerprint density at radius 2 is 1.71 bits per heavy atom. The molecule has 0 radical (unpaired) electrons. The lowest BCUT2D eigenvalue weighted by molar-refractivity contribution is 0.122. The maximum Gasteiger partial charge on any atom is 0.0642 e. The minimum atomic E-state index is 0.815. The maximum atomic E-state index is 5.45. The zero-order chi connectivity index (χ0) is 19.2. The molecule has 0 amide bonds. The highest BCUT2D eigenvalue weighted by Gasteiger charge is 2.11. The summed E-state index contributed by atoms with van der Waals surface area (Å²) >= 11 is 0. The summed E-state index contributed by atoms with van der Waals surface area (Å²) in [7, 11) is 2.14. The van der Waals surface area contributed by atoms with Gasteiger partial charge in [-0.3, -0.25) is 9.88 Å². The molecule has 0 saturated carbocycles. The molecule has 0 N–H and O–H groups in total. The van der Waals surface area contributed by atoms with E-state index in [0.29, 0.717) is 0 Å². The van der Waals surface area contributed by atoms with Crippen LogP contribution in [0.25, 0.3) is 11.1 Å². The SMILES string of the molecule is CN(Cc1cccc(-c2ccc(N3CCOCC3)cc2)c1)Cc1ccccn1. The van der Waals surface area contributed by atoms with Crippen LogP contribution in [0.15, 0.2) is 72.9 Å². The van der Waals surface area contributed by atoms with Crippen LogP contribution < -0.4 is 4.90 Å². The first-order chi connectivity index (χ1) is 13.8. The van der Waals surface area contributed by atoms with Gasteiger partial charge in [0, 0.05) is 38.1 Å². The van der Waals surface area contributed by atoms with Gasteiger partial charge in [0.1, 0.15) is 0 Å². The van der Waals surface area contributed by atoms with Gasteiger partial charge in [-0.05, 0) is 54.1 Å². The fourth-order valence-electron chi connectivity index (χ4n) is 3.67. The van der Waals surface area contributed by atoms with Gasteiger partial charge in [0.25, 0.3) is 0 Å². The number of anilines is 1. The van der Waals surface area contributed by atoms with Crippen molar-refractivity contribution in [2.24, 2.45) is 0 Å². The minimum absolute atomic E-state index is 0.815. The number of pyridine rings is 1. The molecule has 1 aliphatic rings. The number of ether oxygens (including phenoxy) is 1. The van der Waals surface area contributed by atoms with Gasteiger partial charge in [0.2, 0.25) is 0 Å². The smallest absolute Gasteiger partial charge is 0.0642 e. The van der Waals surface area contributed by atoms with E-state index >= 15 is 0 Å². The van der Waals surface area contributed by atoms with Crippen molar-refractivity contribution in [3.05, 3.63) is 84.2 Å². The molecule has 4 nitrogen and oxygen atoms in total. The summed E-state index contributed by atoms with van der Waals surface area (Å²) in [4.78, 5) is 9.10. The third kappa shape index (κ3) is 4.77. The van der Waals surface area contributed by atoms with Crippen molar-refractivity contribution in [3.8, 4) is 11.1 Å². The van der Waals surface area contributed by atoms with Gasteiger partial charge in [-0.2, -0.15) is 0 Å². The fraction of sp³-hybridized carbons (Fsp3) is 0.292. The Balaban J connectivity index is 1.43. The summed E-state index contributed by atoms with van der Waals surface area (Å²) in [6, 6.07) is 23.8. The molecule has 28 heavy (non-hydrogen) atoms. The van der Waals surface area contributed by atoms with Crippen molar-refractivity contribution >= 4 is 5.69 Å². The average Bonchev–Trinajstić information content (AvgIpc) is 2.75. The molecule has 0 unspecified atom stereocenters. The van der Waals surface area contributed by atoms with E-state index in [1.807, 2.05) is 18.3 Å². The first kappa shape index (κ1) is 18.7. The van der Waals surface area contributed by atoms with Crippen LogP contribution in [0.5, 0.6) is 0 Å². The molecule has 4 heteroatoms. The topological polar surface area (TPSA) is 28.6 Å². The lowest BCUT2D eigenvalue weighted by atomic mass is 10.0. The van der Waals surface area contributed by atoms with Crippen molar-refractivity contribution in [1.82, 2.24) is 9.88 Å². The van der Waals surface area contributed by atoms with Gasteiger partial charge in [0.15, 0.2) is 0 Å². The Kier molecular flexibility index (Phi) is 6.00. The first-order valence-corrected chi connectivity index (χ1v) is 9.88. The molecular weight excluding hydrogens is 346 g/mol. The van der Waals surface area contributed by atoms with E-state index < -0.39 is 0 Å². The molecule has 4 rings (SSSR count). The van der Waals surface area contributed by atoms with E-state index in [1.165, 1.54) is 22.4 Å². The number of hydrogen-bond acceptors (Lipinski definition) is 4. The number of aromatic nitrogens is 1. The molecule has 2 heterocycles. The summed E-state index contributed by atoms with van der Waals surface area (Å²) in [6.45, 7) is 5.32. The Morgan fingerprint density at radius 3 is 2.46 bits per heavy atom. The van der Waals surface area contributed by atoms with Crippen molar-refractivity contribution < 1.29 is 4.74 Å². The number of morpholine rings is 1. The van der Waals surface area contributed by atoms with Crippen molar-refractivity contribution in [2.45, 2.75) is 13.1 Å². The quantitative estimate of drug-likeness (QED) is 0.647. The molecule has 2 aromatic carbocycles. The summed E-state index contributed by atoms with van der Waals surface area (Å²) in [5.74, 6) is 0. The lowest BCUT2D eigenvalue weighted by Gasteiger charge is -2.29. The Morgan fingerprint density at radius 1 is 0.893 bits per heavy atom. The van der Waals surface area contributed by atoms with Gasteiger partial charge in [0.05, 0.1) is 18.9 Å². The molecule has 144 valence electrons. The molecule has 1 saturated heterocycles. The molecule has 1 aromatic heterocycles. The Hall–Kier alpha value is -2.69.